The van der Waals surface area contributed by atoms with Crippen LogP contribution >= 0.6 is 15.6 Å². The number of hydrogen-bond acceptors (Lipinski definition) is 3. The van der Waals surface area contributed by atoms with Gasteiger partial charge >= 0.3 is 53.4 Å². The van der Waals surface area contributed by atoms with Crippen LogP contribution in [0.2, 0.25) is 0 Å². The van der Waals surface area contributed by atoms with E-state index in [0.717, 1.165) is 0 Å². The molecule has 4 N–H and O–H groups in total. The van der Waals surface area contributed by atoms with Gasteiger partial charge in [0.15, 0.2) is 0 Å². The third kappa shape index (κ3) is 22.7. The Balaban J connectivity index is -0.000000107. The van der Waals surface area contributed by atoms with Crippen LogP contribution in [-0.4, -0.2) is 57.3 Å². The summed E-state index contributed by atoms with van der Waals surface area (Å²) in [5.74, 6) is 0. The van der Waals surface area contributed by atoms with Gasteiger partial charge in [0.2, 0.25) is 0 Å². The molecule has 65 valence electrons. The summed E-state index contributed by atoms with van der Waals surface area (Å²) in [7, 11) is -10.1. The Bertz CT molecular complexity index is 160. The van der Waals surface area contributed by atoms with Crippen LogP contribution in [0.4, 0.5) is 0 Å². The van der Waals surface area contributed by atoms with Crippen molar-refractivity contribution in [1.82, 2.24) is 0 Å². The van der Waals surface area contributed by atoms with Crippen molar-refractivity contribution in [3.63, 3.8) is 0 Å². The van der Waals surface area contributed by atoms with Crippen LogP contribution in [-0.2, 0) is 32.0 Å². The van der Waals surface area contributed by atoms with Crippen LogP contribution in [0.3, 0.4) is 0 Å². The standard InChI is InChI=1S/2Li.H4O7P2.V.2H/c;;1-8(2,3)7-9(4,5)6;;;/h;;(H2,1,2,3)(H2,4,5,6);;;. The second kappa shape index (κ2) is 8.36. The summed E-state index contributed by atoms with van der Waals surface area (Å²) >= 11 is 0. The first kappa shape index (κ1) is 23.7. The Morgan fingerprint density at radius 3 is 1.00 bits per heavy atom. The molecule has 1 radical (unpaired) electrons. The molecule has 0 aromatic heterocycles. The molecule has 0 rings (SSSR count). The first-order valence-corrected chi connectivity index (χ1v) is 4.59. The zero-order valence-corrected chi connectivity index (χ0v) is 7.54. The maximum Gasteiger partial charge on any atom is 0 e. The molecule has 0 aliphatic heterocycles. The molecule has 7 nitrogen and oxygen atoms in total. The van der Waals surface area contributed by atoms with Gasteiger partial charge in [0.25, 0.3) is 0 Å². The van der Waals surface area contributed by atoms with E-state index in [0.29, 0.717) is 0 Å². The minimum atomic E-state index is -5.05. The van der Waals surface area contributed by atoms with E-state index in [1.165, 1.54) is 0 Å². The van der Waals surface area contributed by atoms with Gasteiger partial charge in [-0.05, 0) is 0 Å². The molecule has 12 heavy (non-hydrogen) atoms. The maximum absolute atomic E-state index is 9.63. The predicted octanol–water partition coefficient (Wildman–Crippen LogP) is -2.11. The molecule has 0 spiro atoms. The fourth-order valence-corrected chi connectivity index (χ4v) is 1.25. The van der Waals surface area contributed by atoms with Gasteiger partial charge in [-0.25, -0.2) is 9.13 Å². The number of rotatable bonds is 2. The van der Waals surface area contributed by atoms with E-state index in [2.05, 4.69) is 4.31 Å². The molecule has 0 heterocycles. The summed E-state index contributed by atoms with van der Waals surface area (Å²) in [6.45, 7) is 0. The van der Waals surface area contributed by atoms with Gasteiger partial charge in [-0.1, -0.05) is 0 Å². The van der Waals surface area contributed by atoms with Crippen molar-refractivity contribution in [2.45, 2.75) is 0 Å². The molecule has 0 bridgehead atoms. The molecular formula is H6Li2O7P2V. The van der Waals surface area contributed by atoms with Crippen molar-refractivity contribution in [1.29, 1.82) is 0 Å². The van der Waals surface area contributed by atoms with Crippen LogP contribution in [0.5, 0.6) is 0 Å². The van der Waals surface area contributed by atoms with E-state index in [4.69, 9.17) is 19.6 Å². The Kier molecular flexibility index (Phi) is 16.5. The van der Waals surface area contributed by atoms with Crippen LogP contribution in [0.1, 0.15) is 0 Å². The van der Waals surface area contributed by atoms with Crippen molar-refractivity contribution in [3.05, 3.63) is 0 Å². The summed E-state index contributed by atoms with van der Waals surface area (Å²) in [4.78, 5) is 31.0. The molecule has 0 aliphatic rings. The molecule has 0 atom stereocenters. The SMILES string of the molecule is O=P(O)(O)OP(=O)(O)O.[LiH].[LiH].[V]. The van der Waals surface area contributed by atoms with Crippen LogP contribution in [0, 0.1) is 0 Å². The zero-order valence-electron chi connectivity index (χ0n) is 4.36. The Morgan fingerprint density at radius 2 is 1.00 bits per heavy atom. The fraction of sp³-hybridized carbons (Fsp3) is 0. The van der Waals surface area contributed by atoms with E-state index in [1.54, 1.807) is 0 Å². The van der Waals surface area contributed by atoms with Gasteiger partial charge in [-0.15, -0.1) is 0 Å². The minimum Gasteiger partial charge on any atom is 0 e. The van der Waals surface area contributed by atoms with Gasteiger partial charge in [-0.3, -0.25) is 0 Å². The summed E-state index contributed by atoms with van der Waals surface area (Å²) in [5, 5.41) is 0. The zero-order chi connectivity index (χ0) is 7.71. The topological polar surface area (TPSA) is 124 Å². The van der Waals surface area contributed by atoms with Crippen LogP contribution in [0.15, 0.2) is 0 Å². The molecule has 0 fully saturated rings. The first-order chi connectivity index (χ1) is 3.71. The largest absolute Gasteiger partial charge is 0 e. The maximum atomic E-state index is 9.63. The minimum absolute atomic E-state index is 0. The van der Waals surface area contributed by atoms with Crippen molar-refractivity contribution >= 4 is 53.4 Å². The van der Waals surface area contributed by atoms with Gasteiger partial charge in [0.05, 0.1) is 0 Å². The van der Waals surface area contributed by atoms with Crippen LogP contribution < -0.4 is 0 Å². The normalized spacial score (nSPS) is 10.3. The monoisotopic (exact) mass is 245 g/mol. The molecule has 0 saturated heterocycles. The Labute approximate surface area is 104 Å². The van der Waals surface area contributed by atoms with Gasteiger partial charge in [-0.2, -0.15) is 4.31 Å². The van der Waals surface area contributed by atoms with Crippen molar-refractivity contribution in [3.8, 4) is 0 Å². The average Bonchev–Trinajstić information content (AvgIpc) is 1.14. The Morgan fingerprint density at radius 1 is 0.833 bits per heavy atom. The molecule has 0 saturated carbocycles. The van der Waals surface area contributed by atoms with Crippen molar-refractivity contribution in [2.24, 2.45) is 0 Å². The van der Waals surface area contributed by atoms with Gasteiger partial charge in [0, 0.05) is 18.6 Å². The summed E-state index contributed by atoms with van der Waals surface area (Å²) in [6, 6.07) is 0. The average molecular weight is 245 g/mol. The molecule has 0 aliphatic carbocycles. The van der Waals surface area contributed by atoms with E-state index in [1.807, 2.05) is 0 Å². The van der Waals surface area contributed by atoms with E-state index >= 15 is 0 Å². The first-order valence-electron chi connectivity index (χ1n) is 1.53. The second-order valence-electron chi connectivity index (χ2n) is 1.06. The molecule has 0 amide bonds. The van der Waals surface area contributed by atoms with E-state index in [-0.39, 0.29) is 56.3 Å². The summed E-state index contributed by atoms with van der Waals surface area (Å²) < 4.78 is 22.2. The third-order valence-corrected chi connectivity index (χ3v) is 1.91. The van der Waals surface area contributed by atoms with Crippen molar-refractivity contribution < 1.29 is 51.6 Å². The molecular weight excluding hydrogens is 239 g/mol. The fourth-order valence-electron chi connectivity index (χ4n) is 0.139. The molecule has 12 heteroatoms. The number of phosphoric acid groups is 2. The summed E-state index contributed by atoms with van der Waals surface area (Å²) in [5.41, 5.74) is 0. The second-order valence-corrected chi connectivity index (χ2v) is 3.68. The Hall–Kier alpha value is 2.04. The van der Waals surface area contributed by atoms with E-state index in [9.17, 15) is 9.13 Å². The quantitative estimate of drug-likeness (QED) is 0.324. The van der Waals surface area contributed by atoms with Crippen molar-refractivity contribution in [2.75, 3.05) is 0 Å². The smallest absolute Gasteiger partial charge is 0 e. The van der Waals surface area contributed by atoms with Crippen LogP contribution in [0.25, 0.3) is 0 Å². The summed E-state index contributed by atoms with van der Waals surface area (Å²) in [6.07, 6.45) is 0. The van der Waals surface area contributed by atoms with Gasteiger partial charge in [0.1, 0.15) is 0 Å². The van der Waals surface area contributed by atoms with E-state index < -0.39 is 15.6 Å². The molecule has 0 aromatic carbocycles. The predicted molar refractivity (Wildman–Crippen MR) is 39.5 cm³/mol. The third-order valence-electron chi connectivity index (χ3n) is 0.213. The molecule has 0 unspecified atom stereocenters. The number of hydrogen-bond donors (Lipinski definition) is 4. The molecule has 0 aromatic rings. The van der Waals surface area contributed by atoms with Gasteiger partial charge < -0.3 is 19.6 Å².